The molecule has 0 aliphatic carbocycles. The summed E-state index contributed by atoms with van der Waals surface area (Å²) in [7, 11) is -4.14. The molecule has 0 aromatic heterocycles. The highest BCUT2D eigenvalue weighted by Crippen LogP contribution is 2.33. The number of ether oxygens (including phenoxy) is 1. The van der Waals surface area contributed by atoms with E-state index >= 15 is 0 Å². The maximum Gasteiger partial charge on any atom is 0.416 e. The summed E-state index contributed by atoms with van der Waals surface area (Å²) in [6, 6.07) is 17.4. The summed E-state index contributed by atoms with van der Waals surface area (Å²) in [4.78, 5) is 26.9. The van der Waals surface area contributed by atoms with Crippen LogP contribution in [0.4, 0.5) is 23.7 Å². The monoisotopic (exact) mass is 676 g/mol. The van der Waals surface area contributed by atoms with Crippen LogP contribution in [0.2, 0.25) is 0 Å². The van der Waals surface area contributed by atoms with E-state index in [0.717, 1.165) is 33.6 Å². The van der Waals surface area contributed by atoms with Gasteiger partial charge in [0.15, 0.2) is 6.10 Å². The van der Waals surface area contributed by atoms with Gasteiger partial charge in [0.1, 0.15) is 0 Å². The van der Waals surface area contributed by atoms with Gasteiger partial charge in [-0.15, -0.1) is 0 Å². The van der Waals surface area contributed by atoms with E-state index < -0.39 is 58.6 Å². The molecule has 252 valence electrons. The van der Waals surface area contributed by atoms with Crippen LogP contribution in [0.25, 0.3) is 0 Å². The Kier molecular flexibility index (Phi) is 11.3. The Hall–Kier alpha value is -4.47. The molecule has 0 bridgehead atoms. The average Bonchev–Trinajstić information content (AvgIpc) is 3.42. The number of nitrogens with zero attached hydrogens (tertiary/aromatic N) is 3. The lowest BCUT2D eigenvalue weighted by Crippen LogP contribution is -2.53. The second kappa shape index (κ2) is 15.0. The molecule has 0 unspecified atom stereocenters. The van der Waals surface area contributed by atoms with Crippen LogP contribution < -0.4 is 10.2 Å². The largest absolute Gasteiger partial charge is 0.434 e. The molecule has 2 amide bonds. The first-order valence-electron chi connectivity index (χ1n) is 14.6. The highest BCUT2D eigenvalue weighted by Gasteiger charge is 2.40. The maximum absolute atomic E-state index is 13.7. The number of oxime groups is 1. The highest BCUT2D eigenvalue weighted by atomic mass is 32.2. The normalized spacial score (nSPS) is 16.9. The minimum Gasteiger partial charge on any atom is -0.434 e. The van der Waals surface area contributed by atoms with Crippen LogP contribution in [-0.2, 0) is 32.2 Å². The van der Waals surface area contributed by atoms with Gasteiger partial charge in [0.2, 0.25) is 10.0 Å². The van der Waals surface area contributed by atoms with Gasteiger partial charge in [-0.2, -0.15) is 17.5 Å². The fraction of sp³-hybridized carbons (Fsp3) is 0.344. The number of aliphatic hydroxyl groups is 1. The molecule has 11 nitrogen and oxygen atoms in total. The number of amides is 2. The lowest BCUT2D eigenvalue weighted by molar-refractivity contribution is -0.137. The van der Waals surface area contributed by atoms with E-state index in [4.69, 9.17) is 9.94 Å². The van der Waals surface area contributed by atoms with Crippen LogP contribution in [0.3, 0.4) is 0 Å². The third-order valence-corrected chi connectivity index (χ3v) is 9.21. The Bertz CT molecular complexity index is 1670. The molecule has 1 saturated heterocycles. The SMILES string of the molecule is CC(C)CN(C[C@@H](O)[C@H](Cc1ccccc1)NC(=O)[C@@H]1CN(c2cccc(C(F)(F)F)c2)C(=O)O1)S(=O)(=O)c1ccc(/C=N/O)cc1. The zero-order valence-corrected chi connectivity index (χ0v) is 26.4. The number of carbonyl (C=O) groups excluding carboxylic acids is 2. The standard InChI is InChI=1S/C32H35F3N4O7S/c1-21(2)18-38(47(44,45)26-13-11-23(12-14-26)17-36-43)19-28(40)27(15-22-7-4-3-5-8-22)37-30(41)29-20-39(31(42)46-29)25-10-6-9-24(16-25)32(33,34)35/h3-14,16-17,21,27-29,40,43H,15,18-20H2,1-2H3,(H,37,41)/b36-17+/t27-,28+,29-/m0/s1. The number of hydrogen-bond donors (Lipinski definition) is 3. The molecule has 1 heterocycles. The number of halogens is 3. The van der Waals surface area contributed by atoms with Crippen molar-refractivity contribution in [2.24, 2.45) is 11.1 Å². The number of alkyl halides is 3. The average molecular weight is 677 g/mol. The van der Waals surface area contributed by atoms with E-state index in [9.17, 15) is 36.3 Å². The number of nitrogens with one attached hydrogen (secondary N) is 1. The lowest BCUT2D eigenvalue weighted by atomic mass is 10.0. The van der Waals surface area contributed by atoms with Gasteiger partial charge in [0.25, 0.3) is 5.91 Å². The van der Waals surface area contributed by atoms with Crippen LogP contribution in [-0.4, -0.2) is 79.1 Å². The van der Waals surface area contributed by atoms with Gasteiger partial charge in [-0.1, -0.05) is 67.5 Å². The Labute approximate surface area is 270 Å². The topological polar surface area (TPSA) is 149 Å². The maximum atomic E-state index is 13.7. The van der Waals surface area contributed by atoms with E-state index in [1.54, 1.807) is 30.3 Å². The van der Waals surface area contributed by atoms with Gasteiger partial charge in [0, 0.05) is 18.8 Å². The summed E-state index contributed by atoms with van der Waals surface area (Å²) in [6.07, 6.45) is -7.30. The van der Waals surface area contributed by atoms with E-state index in [0.29, 0.717) is 11.1 Å². The minimum absolute atomic E-state index is 0.0391. The van der Waals surface area contributed by atoms with E-state index in [2.05, 4.69) is 10.5 Å². The fourth-order valence-corrected chi connectivity index (χ4v) is 6.66. The Morgan fingerprint density at radius 2 is 1.77 bits per heavy atom. The Balaban J connectivity index is 1.55. The van der Waals surface area contributed by atoms with Crippen molar-refractivity contribution in [2.45, 2.75) is 49.6 Å². The van der Waals surface area contributed by atoms with Crippen LogP contribution in [0.15, 0.2) is 88.9 Å². The molecule has 0 spiro atoms. The molecule has 1 fully saturated rings. The Morgan fingerprint density at radius 3 is 2.38 bits per heavy atom. The molecular formula is C32H35F3N4O7S. The zero-order valence-electron chi connectivity index (χ0n) is 25.5. The second-order valence-corrected chi connectivity index (χ2v) is 13.4. The molecule has 3 atom stereocenters. The van der Waals surface area contributed by atoms with Crippen molar-refractivity contribution in [3.63, 3.8) is 0 Å². The van der Waals surface area contributed by atoms with Gasteiger partial charge < -0.3 is 20.4 Å². The van der Waals surface area contributed by atoms with E-state index in [1.807, 2.05) is 13.8 Å². The molecule has 47 heavy (non-hydrogen) atoms. The van der Waals surface area contributed by atoms with Crippen molar-refractivity contribution in [1.82, 2.24) is 9.62 Å². The summed E-state index contributed by atoms with van der Waals surface area (Å²) in [5.41, 5.74) is 0.0989. The summed E-state index contributed by atoms with van der Waals surface area (Å²) in [6.45, 7) is 2.87. The first kappa shape index (κ1) is 35.4. The van der Waals surface area contributed by atoms with Gasteiger partial charge in [-0.25, -0.2) is 13.2 Å². The van der Waals surface area contributed by atoms with E-state index in [-0.39, 0.29) is 36.0 Å². The zero-order chi connectivity index (χ0) is 34.4. The molecule has 3 aromatic carbocycles. The predicted molar refractivity (Wildman–Crippen MR) is 167 cm³/mol. The molecule has 0 radical (unpaired) electrons. The van der Waals surface area contributed by atoms with Crippen molar-refractivity contribution in [2.75, 3.05) is 24.5 Å². The lowest BCUT2D eigenvalue weighted by Gasteiger charge is -2.31. The minimum atomic E-state index is -4.65. The van der Waals surface area contributed by atoms with Crippen molar-refractivity contribution in [3.8, 4) is 0 Å². The van der Waals surface area contributed by atoms with Gasteiger partial charge in [-0.05, 0) is 53.8 Å². The smallest absolute Gasteiger partial charge is 0.416 e. The number of sulfonamides is 1. The molecule has 1 aliphatic rings. The summed E-state index contributed by atoms with van der Waals surface area (Å²) in [5.74, 6) is -0.952. The molecule has 1 aliphatic heterocycles. The van der Waals surface area contributed by atoms with Crippen LogP contribution in [0.5, 0.6) is 0 Å². The Morgan fingerprint density at radius 1 is 1.09 bits per heavy atom. The predicted octanol–water partition coefficient (Wildman–Crippen LogP) is 4.27. The van der Waals surface area contributed by atoms with Crippen LogP contribution >= 0.6 is 0 Å². The van der Waals surface area contributed by atoms with Crippen molar-refractivity contribution >= 4 is 33.9 Å². The van der Waals surface area contributed by atoms with Crippen molar-refractivity contribution in [1.29, 1.82) is 0 Å². The molecule has 0 saturated carbocycles. The van der Waals surface area contributed by atoms with Gasteiger partial charge in [-0.3, -0.25) is 9.69 Å². The van der Waals surface area contributed by atoms with Gasteiger partial charge >= 0.3 is 12.3 Å². The van der Waals surface area contributed by atoms with Crippen molar-refractivity contribution < 1.29 is 46.2 Å². The van der Waals surface area contributed by atoms with Gasteiger partial charge in [0.05, 0.1) is 35.4 Å². The number of benzene rings is 3. The first-order valence-corrected chi connectivity index (χ1v) is 16.1. The number of rotatable bonds is 13. The third kappa shape index (κ3) is 9.08. The summed E-state index contributed by atoms with van der Waals surface area (Å²) in [5, 5.41) is 25.8. The molecule has 4 rings (SSSR count). The quantitative estimate of drug-likeness (QED) is 0.139. The number of carbonyl (C=O) groups is 2. The molecule has 3 aromatic rings. The molecule has 15 heteroatoms. The fourth-order valence-electron chi connectivity index (χ4n) is 5.04. The molecule has 3 N–H and O–H groups in total. The number of anilines is 1. The van der Waals surface area contributed by atoms with Crippen LogP contribution in [0, 0.1) is 5.92 Å². The van der Waals surface area contributed by atoms with Crippen molar-refractivity contribution in [3.05, 3.63) is 95.6 Å². The number of hydrogen-bond acceptors (Lipinski definition) is 8. The number of cyclic esters (lactones) is 1. The molecular weight excluding hydrogens is 641 g/mol. The highest BCUT2D eigenvalue weighted by molar-refractivity contribution is 7.89. The number of aliphatic hydroxyl groups excluding tert-OH is 1. The van der Waals surface area contributed by atoms with E-state index in [1.165, 1.54) is 30.3 Å². The third-order valence-electron chi connectivity index (χ3n) is 7.36. The first-order chi connectivity index (χ1) is 22.2. The summed E-state index contributed by atoms with van der Waals surface area (Å²) < 4.78 is 73.5. The van der Waals surface area contributed by atoms with Crippen LogP contribution in [0.1, 0.15) is 30.5 Å². The second-order valence-electron chi connectivity index (χ2n) is 11.4. The summed E-state index contributed by atoms with van der Waals surface area (Å²) >= 11 is 0.